The number of hydrogen-bond acceptors (Lipinski definition) is 4. The summed E-state index contributed by atoms with van der Waals surface area (Å²) in [6.45, 7) is 7.43. The van der Waals surface area contributed by atoms with Crippen molar-refractivity contribution in [2.75, 3.05) is 0 Å². The van der Waals surface area contributed by atoms with E-state index in [0.717, 1.165) is 0 Å². The average molecular weight is 294 g/mol. The van der Waals surface area contributed by atoms with E-state index in [1.165, 1.54) is 6.20 Å². The Kier molecular flexibility index (Phi) is 6.14. The van der Waals surface area contributed by atoms with Gasteiger partial charge in [0, 0.05) is 12.3 Å². The van der Waals surface area contributed by atoms with E-state index >= 15 is 0 Å². The van der Waals surface area contributed by atoms with Gasteiger partial charge in [-0.05, 0) is 25.8 Å². The molecule has 0 bridgehead atoms. The molecule has 1 aromatic rings. The summed E-state index contributed by atoms with van der Waals surface area (Å²) in [6, 6.07) is 2.25. The summed E-state index contributed by atoms with van der Waals surface area (Å²) < 4.78 is 5.39. The zero-order valence-corrected chi connectivity index (χ0v) is 12.8. The molecular formula is C15H22N2O4. The second kappa shape index (κ2) is 7.61. The third kappa shape index (κ3) is 5.06. The number of carboxylic acids is 1. The van der Waals surface area contributed by atoms with Crippen LogP contribution in [-0.2, 0) is 4.79 Å². The second-order valence-corrected chi connectivity index (χ2v) is 5.23. The van der Waals surface area contributed by atoms with Gasteiger partial charge in [0.05, 0.1) is 11.7 Å². The topological polar surface area (TPSA) is 88.5 Å². The molecule has 21 heavy (non-hydrogen) atoms. The van der Waals surface area contributed by atoms with E-state index in [1.54, 1.807) is 19.1 Å². The molecule has 1 aromatic heterocycles. The molecule has 0 fully saturated rings. The first-order chi connectivity index (χ1) is 9.85. The Hall–Kier alpha value is -2.11. The molecule has 0 radical (unpaired) electrons. The smallest absolute Gasteiger partial charge is 0.326 e. The van der Waals surface area contributed by atoms with Gasteiger partial charge in [-0.15, -0.1) is 0 Å². The minimum absolute atomic E-state index is 0.000953. The van der Waals surface area contributed by atoms with Crippen molar-refractivity contribution < 1.29 is 19.4 Å². The molecule has 0 aliphatic heterocycles. The number of aliphatic carboxylic acids is 1. The first-order valence-electron chi connectivity index (χ1n) is 7.01. The number of nitrogens with zero attached hydrogens (tertiary/aromatic N) is 1. The third-order valence-electron chi connectivity index (χ3n) is 3.12. The zero-order chi connectivity index (χ0) is 16.0. The van der Waals surface area contributed by atoms with Crippen LogP contribution in [0.2, 0.25) is 0 Å². The highest BCUT2D eigenvalue weighted by atomic mass is 16.5. The lowest BCUT2D eigenvalue weighted by Gasteiger charge is -2.20. The van der Waals surface area contributed by atoms with Crippen LogP contribution in [0.15, 0.2) is 18.3 Å². The molecule has 0 saturated heterocycles. The number of carboxylic acid groups (broad SMARTS) is 1. The van der Waals surface area contributed by atoms with Crippen LogP contribution in [0.5, 0.6) is 5.88 Å². The molecule has 2 atom stereocenters. The Morgan fingerprint density at radius 2 is 2.00 bits per heavy atom. The number of carbonyl (C=O) groups excluding carboxylic acids is 1. The van der Waals surface area contributed by atoms with E-state index in [0.29, 0.717) is 17.9 Å². The Labute approximate surface area is 124 Å². The monoisotopic (exact) mass is 294 g/mol. The van der Waals surface area contributed by atoms with E-state index in [1.807, 2.05) is 20.8 Å². The van der Waals surface area contributed by atoms with E-state index < -0.39 is 17.9 Å². The van der Waals surface area contributed by atoms with Crippen molar-refractivity contribution in [1.82, 2.24) is 10.3 Å². The molecule has 0 aliphatic rings. The maximum Gasteiger partial charge on any atom is 0.326 e. The first kappa shape index (κ1) is 16.9. The van der Waals surface area contributed by atoms with Gasteiger partial charge in [-0.2, -0.15) is 0 Å². The van der Waals surface area contributed by atoms with Crippen LogP contribution < -0.4 is 10.1 Å². The Morgan fingerprint density at radius 1 is 1.33 bits per heavy atom. The molecule has 0 aromatic carbocycles. The highest BCUT2D eigenvalue weighted by molar-refractivity contribution is 5.96. The van der Waals surface area contributed by atoms with Crippen molar-refractivity contribution in [3.63, 3.8) is 0 Å². The third-order valence-corrected chi connectivity index (χ3v) is 3.12. The van der Waals surface area contributed by atoms with Crippen LogP contribution in [0.3, 0.4) is 0 Å². The van der Waals surface area contributed by atoms with Gasteiger partial charge in [-0.1, -0.05) is 20.3 Å². The van der Waals surface area contributed by atoms with Crippen molar-refractivity contribution in [1.29, 1.82) is 0 Å². The minimum Gasteiger partial charge on any atom is -0.480 e. The molecule has 0 spiro atoms. The SMILES string of the molecule is CC[C@H](C)[C@H](NC(=O)c1ccc(OC(C)C)nc1)C(=O)O. The summed E-state index contributed by atoms with van der Waals surface area (Å²) in [5, 5.41) is 11.7. The van der Waals surface area contributed by atoms with Crippen molar-refractivity contribution in [3.8, 4) is 5.88 Å². The van der Waals surface area contributed by atoms with E-state index in [4.69, 9.17) is 9.84 Å². The molecule has 1 amide bonds. The van der Waals surface area contributed by atoms with Crippen LogP contribution in [0.25, 0.3) is 0 Å². The number of amides is 1. The average Bonchev–Trinajstić information content (AvgIpc) is 2.43. The summed E-state index contributed by atoms with van der Waals surface area (Å²) in [5.41, 5.74) is 0.306. The van der Waals surface area contributed by atoms with Crippen LogP contribution in [0.4, 0.5) is 0 Å². The fraction of sp³-hybridized carbons (Fsp3) is 0.533. The molecule has 6 heteroatoms. The summed E-state index contributed by atoms with van der Waals surface area (Å²) in [6.07, 6.45) is 2.04. The molecule has 1 heterocycles. The number of rotatable bonds is 7. The lowest BCUT2D eigenvalue weighted by molar-refractivity contribution is -0.140. The summed E-state index contributed by atoms with van der Waals surface area (Å²) in [5.74, 6) is -1.21. The molecule has 2 N–H and O–H groups in total. The zero-order valence-electron chi connectivity index (χ0n) is 12.8. The number of carbonyl (C=O) groups is 2. The summed E-state index contributed by atoms with van der Waals surface area (Å²) >= 11 is 0. The van der Waals surface area contributed by atoms with Gasteiger partial charge in [-0.25, -0.2) is 9.78 Å². The molecule has 116 valence electrons. The number of nitrogens with one attached hydrogen (secondary N) is 1. The molecule has 1 rings (SSSR count). The maximum absolute atomic E-state index is 12.1. The Balaban J connectivity index is 2.76. The van der Waals surface area contributed by atoms with E-state index in [2.05, 4.69) is 10.3 Å². The lowest BCUT2D eigenvalue weighted by Crippen LogP contribution is -2.45. The van der Waals surface area contributed by atoms with Crippen LogP contribution >= 0.6 is 0 Å². The Bertz CT molecular complexity index is 485. The predicted molar refractivity (Wildman–Crippen MR) is 78.3 cm³/mol. The van der Waals surface area contributed by atoms with Crippen molar-refractivity contribution in [2.45, 2.75) is 46.3 Å². The standard InChI is InChI=1S/C15H22N2O4/c1-5-10(4)13(15(19)20)17-14(18)11-6-7-12(16-8-11)21-9(2)3/h6-10,13H,5H2,1-4H3,(H,17,18)(H,19,20)/t10-,13-/m0/s1. The summed E-state index contributed by atoms with van der Waals surface area (Å²) in [7, 11) is 0. The molecule has 0 saturated carbocycles. The van der Waals surface area contributed by atoms with E-state index in [9.17, 15) is 9.59 Å². The van der Waals surface area contributed by atoms with Gasteiger partial charge in [0.2, 0.25) is 5.88 Å². The van der Waals surface area contributed by atoms with Gasteiger partial charge < -0.3 is 15.2 Å². The quantitative estimate of drug-likeness (QED) is 0.804. The minimum atomic E-state index is -1.04. The normalized spacial score (nSPS) is 13.6. The van der Waals surface area contributed by atoms with E-state index in [-0.39, 0.29) is 12.0 Å². The molecule has 0 unspecified atom stereocenters. The van der Waals surface area contributed by atoms with Gasteiger partial charge in [0.1, 0.15) is 6.04 Å². The van der Waals surface area contributed by atoms with Gasteiger partial charge in [0.15, 0.2) is 0 Å². The molecular weight excluding hydrogens is 272 g/mol. The number of aromatic nitrogens is 1. The predicted octanol–water partition coefficient (Wildman–Crippen LogP) is 2.10. The number of pyridine rings is 1. The van der Waals surface area contributed by atoms with Crippen LogP contribution in [0, 0.1) is 5.92 Å². The van der Waals surface area contributed by atoms with Crippen molar-refractivity contribution in [2.24, 2.45) is 5.92 Å². The number of hydrogen-bond donors (Lipinski definition) is 2. The van der Waals surface area contributed by atoms with Crippen molar-refractivity contribution >= 4 is 11.9 Å². The highest BCUT2D eigenvalue weighted by Crippen LogP contribution is 2.12. The molecule has 6 nitrogen and oxygen atoms in total. The van der Waals surface area contributed by atoms with Crippen molar-refractivity contribution in [3.05, 3.63) is 23.9 Å². The van der Waals surface area contributed by atoms with Crippen LogP contribution in [-0.4, -0.2) is 34.1 Å². The number of ether oxygens (including phenoxy) is 1. The van der Waals surface area contributed by atoms with Gasteiger partial charge >= 0.3 is 5.97 Å². The summed E-state index contributed by atoms with van der Waals surface area (Å²) in [4.78, 5) is 27.3. The fourth-order valence-corrected chi connectivity index (χ4v) is 1.73. The van der Waals surface area contributed by atoms with Crippen LogP contribution in [0.1, 0.15) is 44.5 Å². The highest BCUT2D eigenvalue weighted by Gasteiger charge is 2.25. The lowest BCUT2D eigenvalue weighted by atomic mass is 9.99. The van der Waals surface area contributed by atoms with Gasteiger partial charge in [-0.3, -0.25) is 4.79 Å². The Morgan fingerprint density at radius 3 is 2.43 bits per heavy atom. The van der Waals surface area contributed by atoms with Gasteiger partial charge in [0.25, 0.3) is 5.91 Å². The maximum atomic E-state index is 12.1. The first-order valence-corrected chi connectivity index (χ1v) is 7.01. The largest absolute Gasteiger partial charge is 0.480 e. The molecule has 0 aliphatic carbocycles. The second-order valence-electron chi connectivity index (χ2n) is 5.23. The fourth-order valence-electron chi connectivity index (χ4n) is 1.73.